The SMILES string of the molecule is CN1C2CC=C(c3ccc(Cl)cc3F)C1CC2. The van der Waals surface area contributed by atoms with Crippen molar-refractivity contribution in [1.29, 1.82) is 0 Å². The fourth-order valence-electron chi connectivity index (χ4n) is 3.08. The molecule has 3 heteroatoms. The quantitative estimate of drug-likeness (QED) is 0.735. The molecule has 2 atom stereocenters. The molecule has 1 saturated heterocycles. The molecule has 2 heterocycles. The van der Waals surface area contributed by atoms with Gasteiger partial charge in [0.2, 0.25) is 0 Å². The third kappa shape index (κ3) is 1.80. The minimum absolute atomic E-state index is 0.206. The van der Waals surface area contributed by atoms with Gasteiger partial charge in [-0.25, -0.2) is 4.39 Å². The molecule has 17 heavy (non-hydrogen) atoms. The Kier molecular flexibility index (Phi) is 2.72. The Labute approximate surface area is 106 Å². The summed E-state index contributed by atoms with van der Waals surface area (Å²) in [5.74, 6) is -0.206. The van der Waals surface area contributed by atoms with Crippen LogP contribution in [-0.2, 0) is 0 Å². The first kappa shape index (κ1) is 11.2. The number of fused-ring (bicyclic) bond motifs is 2. The molecule has 1 nitrogen and oxygen atoms in total. The molecule has 90 valence electrons. The van der Waals surface area contributed by atoms with Crippen molar-refractivity contribution in [3.8, 4) is 0 Å². The predicted octanol–water partition coefficient (Wildman–Crippen LogP) is 3.73. The lowest BCUT2D eigenvalue weighted by atomic mass is 9.94. The molecule has 0 aliphatic carbocycles. The molecule has 0 spiro atoms. The van der Waals surface area contributed by atoms with E-state index in [0.29, 0.717) is 22.7 Å². The molecular weight excluding hydrogens is 237 g/mol. The van der Waals surface area contributed by atoms with Gasteiger partial charge in [0.1, 0.15) is 5.82 Å². The van der Waals surface area contributed by atoms with Crippen molar-refractivity contribution in [2.75, 3.05) is 7.05 Å². The van der Waals surface area contributed by atoms with Crippen LogP contribution in [0, 0.1) is 5.82 Å². The Hall–Kier alpha value is -0.860. The van der Waals surface area contributed by atoms with Crippen LogP contribution in [0.4, 0.5) is 4.39 Å². The van der Waals surface area contributed by atoms with Crippen molar-refractivity contribution < 1.29 is 4.39 Å². The van der Waals surface area contributed by atoms with Crippen LogP contribution in [0.5, 0.6) is 0 Å². The van der Waals surface area contributed by atoms with E-state index in [9.17, 15) is 4.39 Å². The maximum absolute atomic E-state index is 13.9. The average Bonchev–Trinajstić information content (AvgIpc) is 2.53. The van der Waals surface area contributed by atoms with Gasteiger partial charge in [0.25, 0.3) is 0 Å². The molecule has 2 unspecified atom stereocenters. The molecule has 1 fully saturated rings. The van der Waals surface area contributed by atoms with E-state index in [1.807, 2.05) is 0 Å². The summed E-state index contributed by atoms with van der Waals surface area (Å²) in [6, 6.07) is 6.00. The third-order valence-corrected chi connectivity index (χ3v) is 4.29. The van der Waals surface area contributed by atoms with Crippen LogP contribution < -0.4 is 0 Å². The number of hydrogen-bond donors (Lipinski definition) is 0. The summed E-state index contributed by atoms with van der Waals surface area (Å²) in [7, 11) is 2.14. The summed E-state index contributed by atoms with van der Waals surface area (Å²) >= 11 is 5.79. The van der Waals surface area contributed by atoms with Gasteiger partial charge in [0, 0.05) is 22.7 Å². The minimum Gasteiger partial charge on any atom is -0.296 e. The van der Waals surface area contributed by atoms with E-state index >= 15 is 0 Å². The number of halogens is 2. The van der Waals surface area contributed by atoms with Crippen LogP contribution in [0.25, 0.3) is 5.57 Å². The molecule has 2 bridgehead atoms. The highest BCUT2D eigenvalue weighted by atomic mass is 35.5. The maximum Gasteiger partial charge on any atom is 0.132 e. The second-order valence-corrected chi connectivity index (χ2v) is 5.37. The fourth-order valence-corrected chi connectivity index (χ4v) is 3.24. The lowest BCUT2D eigenvalue weighted by Gasteiger charge is -2.32. The number of likely N-dealkylation sites (N-methyl/N-ethyl adjacent to an activating group) is 1. The number of rotatable bonds is 1. The standard InChI is InChI=1S/C14H15ClFN/c1-17-10-3-6-12(14(17)7-4-10)11-5-2-9(15)8-13(11)16/h2,5-6,8,10,14H,3-4,7H2,1H3. The van der Waals surface area contributed by atoms with E-state index < -0.39 is 0 Å². The summed E-state index contributed by atoms with van der Waals surface area (Å²) in [4.78, 5) is 2.38. The maximum atomic E-state index is 13.9. The molecule has 1 aromatic rings. The highest BCUT2D eigenvalue weighted by Gasteiger charge is 2.36. The highest BCUT2D eigenvalue weighted by Crippen LogP contribution is 2.39. The zero-order valence-electron chi connectivity index (χ0n) is 9.79. The predicted molar refractivity (Wildman–Crippen MR) is 68.6 cm³/mol. The Bertz CT molecular complexity index is 483. The van der Waals surface area contributed by atoms with Gasteiger partial charge in [-0.3, -0.25) is 4.90 Å². The zero-order chi connectivity index (χ0) is 12.0. The largest absolute Gasteiger partial charge is 0.296 e. The summed E-state index contributed by atoms with van der Waals surface area (Å²) < 4.78 is 13.9. The number of nitrogens with zero attached hydrogens (tertiary/aromatic N) is 1. The first-order chi connectivity index (χ1) is 8.16. The van der Waals surface area contributed by atoms with Crippen LogP contribution in [-0.4, -0.2) is 24.0 Å². The van der Waals surface area contributed by atoms with Gasteiger partial charge >= 0.3 is 0 Å². The Morgan fingerprint density at radius 1 is 1.35 bits per heavy atom. The van der Waals surface area contributed by atoms with E-state index in [-0.39, 0.29) is 5.82 Å². The molecule has 0 aromatic heterocycles. The van der Waals surface area contributed by atoms with Crippen molar-refractivity contribution in [3.05, 3.63) is 40.7 Å². The molecule has 1 aromatic carbocycles. The van der Waals surface area contributed by atoms with Crippen molar-refractivity contribution >= 4 is 17.2 Å². The lowest BCUT2D eigenvalue weighted by molar-refractivity contribution is 0.267. The third-order valence-electron chi connectivity index (χ3n) is 4.05. The molecule has 2 aliphatic rings. The van der Waals surface area contributed by atoms with Gasteiger partial charge in [-0.2, -0.15) is 0 Å². The topological polar surface area (TPSA) is 3.24 Å². The molecular formula is C14H15ClFN. The van der Waals surface area contributed by atoms with Gasteiger partial charge in [0.15, 0.2) is 0 Å². The summed E-state index contributed by atoms with van der Waals surface area (Å²) in [6.07, 6.45) is 5.59. The van der Waals surface area contributed by atoms with Gasteiger partial charge in [0.05, 0.1) is 0 Å². The van der Waals surface area contributed by atoms with E-state index in [1.165, 1.54) is 12.5 Å². The van der Waals surface area contributed by atoms with Crippen LogP contribution in [0.15, 0.2) is 24.3 Å². The van der Waals surface area contributed by atoms with Gasteiger partial charge in [-0.1, -0.05) is 23.7 Å². The lowest BCUT2D eigenvalue weighted by Crippen LogP contribution is -2.35. The molecule has 2 aliphatic heterocycles. The second kappa shape index (κ2) is 4.11. The van der Waals surface area contributed by atoms with Gasteiger partial charge in [-0.15, -0.1) is 0 Å². The number of hydrogen-bond acceptors (Lipinski definition) is 1. The molecule has 0 N–H and O–H groups in total. The molecule has 0 saturated carbocycles. The highest BCUT2D eigenvalue weighted by molar-refractivity contribution is 6.30. The van der Waals surface area contributed by atoms with Gasteiger partial charge < -0.3 is 0 Å². The number of benzene rings is 1. The van der Waals surface area contributed by atoms with Crippen LogP contribution in [0.2, 0.25) is 5.02 Å². The van der Waals surface area contributed by atoms with Crippen molar-refractivity contribution in [2.24, 2.45) is 0 Å². The molecule has 0 radical (unpaired) electrons. The average molecular weight is 252 g/mol. The Balaban J connectivity index is 2.02. The summed E-state index contributed by atoms with van der Waals surface area (Å²) in [6.45, 7) is 0. The van der Waals surface area contributed by atoms with Crippen LogP contribution in [0.3, 0.4) is 0 Å². The molecule has 3 rings (SSSR count). The molecule has 0 amide bonds. The van der Waals surface area contributed by atoms with E-state index in [2.05, 4.69) is 18.0 Å². The van der Waals surface area contributed by atoms with Crippen molar-refractivity contribution in [1.82, 2.24) is 4.90 Å². The summed E-state index contributed by atoms with van der Waals surface area (Å²) in [5.41, 5.74) is 1.85. The Morgan fingerprint density at radius 2 is 2.18 bits per heavy atom. The van der Waals surface area contributed by atoms with Crippen molar-refractivity contribution in [3.63, 3.8) is 0 Å². The monoisotopic (exact) mass is 251 g/mol. The van der Waals surface area contributed by atoms with Crippen LogP contribution in [0.1, 0.15) is 24.8 Å². The summed E-state index contributed by atoms with van der Waals surface area (Å²) in [5, 5.41) is 0.459. The zero-order valence-corrected chi connectivity index (χ0v) is 10.5. The van der Waals surface area contributed by atoms with E-state index in [4.69, 9.17) is 11.6 Å². The smallest absolute Gasteiger partial charge is 0.132 e. The second-order valence-electron chi connectivity index (χ2n) is 4.93. The van der Waals surface area contributed by atoms with E-state index in [0.717, 1.165) is 18.4 Å². The van der Waals surface area contributed by atoms with Gasteiger partial charge in [-0.05, 0) is 44.0 Å². The first-order valence-corrected chi connectivity index (χ1v) is 6.42. The Morgan fingerprint density at radius 3 is 2.94 bits per heavy atom. The van der Waals surface area contributed by atoms with E-state index in [1.54, 1.807) is 12.1 Å². The minimum atomic E-state index is -0.206. The first-order valence-electron chi connectivity index (χ1n) is 6.04. The van der Waals surface area contributed by atoms with Crippen molar-refractivity contribution in [2.45, 2.75) is 31.3 Å². The normalized spacial score (nSPS) is 28.3. The fraction of sp³-hybridized carbons (Fsp3) is 0.429. The van der Waals surface area contributed by atoms with Crippen LogP contribution >= 0.6 is 11.6 Å².